The van der Waals surface area contributed by atoms with Gasteiger partial charge in [-0.1, -0.05) is 29.8 Å². The summed E-state index contributed by atoms with van der Waals surface area (Å²) >= 11 is 6.32. The molecule has 0 fully saturated rings. The van der Waals surface area contributed by atoms with E-state index in [1.807, 2.05) is 36.4 Å². The summed E-state index contributed by atoms with van der Waals surface area (Å²) < 4.78 is 1.58. The predicted octanol–water partition coefficient (Wildman–Crippen LogP) is 3.61. The smallest absolute Gasteiger partial charge is 0.270 e. The average Bonchev–Trinajstić information content (AvgIpc) is 2.99. The number of halogens is 1. The summed E-state index contributed by atoms with van der Waals surface area (Å²) in [6, 6.07) is 14.6. The molecule has 0 amide bonds. The third-order valence-electron chi connectivity index (χ3n) is 4.12. The topological polar surface area (TPSA) is 94.7 Å². The van der Waals surface area contributed by atoms with Crippen LogP contribution in [0.25, 0.3) is 27.8 Å². The Labute approximate surface area is 152 Å². The molecule has 0 aliphatic carbocycles. The van der Waals surface area contributed by atoms with Crippen molar-refractivity contribution in [3.8, 4) is 28.6 Å². The first-order chi connectivity index (χ1) is 12.6. The van der Waals surface area contributed by atoms with Crippen molar-refractivity contribution in [1.82, 2.24) is 14.5 Å². The van der Waals surface area contributed by atoms with Crippen LogP contribution in [0.2, 0.25) is 5.15 Å². The van der Waals surface area contributed by atoms with Gasteiger partial charge in [0, 0.05) is 18.1 Å². The van der Waals surface area contributed by atoms with Crippen LogP contribution in [0.5, 0.6) is 5.75 Å². The fraction of sp³-hybridized carbons (Fsp3) is 0. The summed E-state index contributed by atoms with van der Waals surface area (Å²) in [5, 5.41) is 19.8. The number of rotatable bonds is 2. The Hall–Kier alpha value is -3.56. The molecule has 6 nitrogen and oxygen atoms in total. The van der Waals surface area contributed by atoms with Crippen LogP contribution in [-0.4, -0.2) is 19.6 Å². The molecule has 1 aromatic carbocycles. The number of nitrogens with one attached hydrogen (secondary N) is 1. The van der Waals surface area contributed by atoms with E-state index in [4.69, 9.17) is 16.9 Å². The van der Waals surface area contributed by atoms with Gasteiger partial charge in [0.2, 0.25) is 0 Å². The first kappa shape index (κ1) is 15.9. The molecular formula is C19H11ClN4O2. The molecule has 3 aromatic heterocycles. The third-order valence-corrected chi connectivity index (χ3v) is 4.40. The van der Waals surface area contributed by atoms with Gasteiger partial charge in [0.1, 0.15) is 16.7 Å². The van der Waals surface area contributed by atoms with Crippen LogP contribution in [0.15, 0.2) is 59.7 Å². The van der Waals surface area contributed by atoms with E-state index in [0.29, 0.717) is 16.4 Å². The van der Waals surface area contributed by atoms with Gasteiger partial charge in [-0.25, -0.2) is 0 Å². The second-order valence-corrected chi connectivity index (χ2v) is 6.03. The highest BCUT2D eigenvalue weighted by atomic mass is 35.5. The summed E-state index contributed by atoms with van der Waals surface area (Å²) in [7, 11) is 0. The van der Waals surface area contributed by atoms with E-state index in [2.05, 4.69) is 9.97 Å². The molecule has 126 valence electrons. The van der Waals surface area contributed by atoms with Gasteiger partial charge in [-0.2, -0.15) is 5.26 Å². The molecule has 2 N–H and O–H groups in total. The van der Waals surface area contributed by atoms with Gasteiger partial charge >= 0.3 is 0 Å². The maximum atomic E-state index is 11.8. The highest BCUT2D eigenvalue weighted by Crippen LogP contribution is 2.33. The minimum atomic E-state index is -0.654. The van der Waals surface area contributed by atoms with Crippen LogP contribution in [0, 0.1) is 11.3 Å². The fourth-order valence-electron chi connectivity index (χ4n) is 2.91. The van der Waals surface area contributed by atoms with E-state index < -0.39 is 11.3 Å². The van der Waals surface area contributed by atoms with Gasteiger partial charge in [-0.15, -0.1) is 0 Å². The molecule has 0 spiro atoms. The summed E-state index contributed by atoms with van der Waals surface area (Å²) in [5.74, 6) is -0.394. The molecule has 0 radical (unpaired) electrons. The maximum Gasteiger partial charge on any atom is 0.270 e. The number of nitriles is 1. The van der Waals surface area contributed by atoms with Gasteiger partial charge in [0.25, 0.3) is 5.56 Å². The Kier molecular flexibility index (Phi) is 3.72. The van der Waals surface area contributed by atoms with Gasteiger partial charge in [0.05, 0.1) is 5.52 Å². The predicted molar refractivity (Wildman–Crippen MR) is 98.5 cm³/mol. The number of aromatic nitrogens is 3. The molecule has 0 atom stereocenters. The first-order valence-electron chi connectivity index (χ1n) is 7.67. The number of H-pyrrole nitrogens is 1. The Bertz CT molecular complexity index is 1220. The second-order valence-electron chi connectivity index (χ2n) is 5.64. The first-order valence-corrected chi connectivity index (χ1v) is 8.05. The fourth-order valence-corrected chi connectivity index (χ4v) is 3.20. The highest BCUT2D eigenvalue weighted by Gasteiger charge is 2.18. The zero-order chi connectivity index (χ0) is 18.3. The largest absolute Gasteiger partial charge is 0.504 e. The van der Waals surface area contributed by atoms with E-state index in [9.17, 15) is 9.90 Å². The number of aromatic amines is 1. The molecule has 26 heavy (non-hydrogen) atoms. The van der Waals surface area contributed by atoms with Gasteiger partial charge < -0.3 is 10.1 Å². The number of pyridine rings is 2. The molecule has 7 heteroatoms. The molecule has 0 saturated heterocycles. The Morgan fingerprint density at radius 3 is 2.62 bits per heavy atom. The van der Waals surface area contributed by atoms with Gasteiger partial charge in [-0.3, -0.25) is 14.3 Å². The Morgan fingerprint density at radius 1 is 1.19 bits per heavy atom. The number of fused-ring (bicyclic) bond motifs is 1. The zero-order valence-corrected chi connectivity index (χ0v) is 14.0. The molecule has 0 bridgehead atoms. The average molecular weight is 363 g/mol. The molecule has 0 aliphatic rings. The quantitative estimate of drug-likeness (QED) is 0.569. The highest BCUT2D eigenvalue weighted by molar-refractivity contribution is 6.31. The second kappa shape index (κ2) is 6.06. The summed E-state index contributed by atoms with van der Waals surface area (Å²) in [5.41, 5.74) is 2.27. The number of hydrogen-bond donors (Lipinski definition) is 2. The standard InChI is InChI=1S/C19H11ClN4O2/c20-16-8-15-17(18(25)14(9-21)19(26)23-15)24(16)13-5-3-11(4-6-13)12-2-1-7-22-10-12/h1-8,10H,(H2,23,25,26). The lowest BCUT2D eigenvalue weighted by Gasteiger charge is -2.10. The molecule has 4 aromatic rings. The van der Waals surface area contributed by atoms with Crippen LogP contribution in [0.4, 0.5) is 0 Å². The molecule has 4 rings (SSSR count). The van der Waals surface area contributed by atoms with Crippen molar-refractivity contribution in [3.63, 3.8) is 0 Å². The van der Waals surface area contributed by atoms with Crippen molar-refractivity contribution in [2.24, 2.45) is 0 Å². The van der Waals surface area contributed by atoms with Crippen molar-refractivity contribution in [2.75, 3.05) is 0 Å². The lowest BCUT2D eigenvalue weighted by Crippen LogP contribution is -2.10. The molecule has 0 aliphatic heterocycles. The summed E-state index contributed by atoms with van der Waals surface area (Å²) in [6.07, 6.45) is 3.47. The van der Waals surface area contributed by atoms with Crippen molar-refractivity contribution in [3.05, 3.63) is 75.9 Å². The van der Waals surface area contributed by atoms with Crippen molar-refractivity contribution < 1.29 is 5.11 Å². The van der Waals surface area contributed by atoms with Crippen LogP contribution < -0.4 is 5.56 Å². The van der Waals surface area contributed by atoms with Crippen LogP contribution in [0.1, 0.15) is 5.56 Å². The minimum Gasteiger partial charge on any atom is -0.504 e. The SMILES string of the molecule is N#Cc1c(O)c2c(cc(Cl)n2-c2ccc(-c3cccnc3)cc2)[nH]c1=O. The normalized spacial score (nSPS) is 10.8. The van der Waals surface area contributed by atoms with E-state index in [-0.39, 0.29) is 11.1 Å². The maximum absolute atomic E-state index is 11.8. The number of hydrogen-bond acceptors (Lipinski definition) is 4. The number of nitrogens with zero attached hydrogens (tertiary/aromatic N) is 3. The Morgan fingerprint density at radius 2 is 1.96 bits per heavy atom. The van der Waals surface area contributed by atoms with Crippen molar-refractivity contribution in [1.29, 1.82) is 5.26 Å². The van der Waals surface area contributed by atoms with Crippen LogP contribution in [-0.2, 0) is 0 Å². The number of aromatic hydroxyl groups is 1. The minimum absolute atomic E-state index is 0.278. The zero-order valence-electron chi connectivity index (χ0n) is 13.3. The van der Waals surface area contributed by atoms with Crippen LogP contribution in [0.3, 0.4) is 0 Å². The summed E-state index contributed by atoms with van der Waals surface area (Å²) in [6.45, 7) is 0. The van der Waals surface area contributed by atoms with Crippen LogP contribution >= 0.6 is 11.6 Å². The van der Waals surface area contributed by atoms with E-state index in [1.54, 1.807) is 23.0 Å². The monoisotopic (exact) mass is 362 g/mol. The van der Waals surface area contributed by atoms with Gasteiger partial charge in [0.15, 0.2) is 11.3 Å². The molecule has 3 heterocycles. The molecular weight excluding hydrogens is 352 g/mol. The van der Waals surface area contributed by atoms with E-state index in [1.165, 1.54) is 6.07 Å². The lowest BCUT2D eigenvalue weighted by atomic mass is 10.1. The summed E-state index contributed by atoms with van der Waals surface area (Å²) in [4.78, 5) is 18.5. The third kappa shape index (κ3) is 2.42. The van der Waals surface area contributed by atoms with E-state index in [0.717, 1.165) is 11.1 Å². The van der Waals surface area contributed by atoms with Gasteiger partial charge in [-0.05, 0) is 35.4 Å². The lowest BCUT2D eigenvalue weighted by molar-refractivity contribution is 0.476. The Balaban J connectivity index is 1.91. The number of benzene rings is 1. The van der Waals surface area contributed by atoms with E-state index >= 15 is 0 Å². The van der Waals surface area contributed by atoms with Crippen molar-refractivity contribution in [2.45, 2.75) is 0 Å². The molecule has 0 unspecified atom stereocenters. The van der Waals surface area contributed by atoms with Crippen molar-refractivity contribution >= 4 is 22.6 Å². The molecule has 0 saturated carbocycles.